The molecule has 84 heavy (non-hydrogen) atoms. The molecule has 0 saturated heterocycles. The lowest BCUT2D eigenvalue weighted by atomic mass is 9.93. The lowest BCUT2D eigenvalue weighted by molar-refractivity contribution is 0.672. The molecule has 0 fully saturated rings. The number of furan rings is 2. The van der Waals surface area contributed by atoms with E-state index in [1.807, 2.05) is 174 Å². The zero-order valence-corrected chi connectivity index (χ0v) is 43.7. The Morgan fingerprint density at radius 2 is 0.786 bits per heavy atom. The maximum absolute atomic E-state index is 12.4. The second-order valence-corrected chi connectivity index (χ2v) is 20.2. The zero-order valence-electron chi connectivity index (χ0n) is 58.7. The Labute approximate surface area is 501 Å². The van der Waals surface area contributed by atoms with Gasteiger partial charge >= 0.3 is 0 Å². The molecule has 0 aliphatic carbocycles. The Morgan fingerprint density at radius 1 is 0.357 bits per heavy atom. The predicted molar refractivity (Wildman–Crippen MR) is 340 cm³/mol. The summed E-state index contributed by atoms with van der Waals surface area (Å²) in [7, 11) is 0. The quantitative estimate of drug-likeness (QED) is 0.150. The standard InChI is InChI=1S/C76H44N6O2/c77-45-53-44-60(76-79-74(49-26-12-4-13-27-49)78-75(80-76)50-28-14-5-15-29-50)71(82-62-39-35-52(47-22-8-2-9-23-47)43-59(62)69-64(82)41-37-57-55-31-17-19-33-66(55)84-73(57)69)67(48-24-10-3-11-25-48)70(53)81-61-38-34-51(46-20-6-1-7-21-46)42-58(61)68-63(81)40-36-56-54-30-16-18-32-65(54)83-72(56)68/h1-44H/i3D,4D,5D,10D,11D,12D,13D,14D,15D,24D,25D,26D,27D,28D,29D. The number of nitriles is 1. The average molecular weight is 1090 g/mol. The molecule has 5 aromatic heterocycles. The molecule has 8 nitrogen and oxygen atoms in total. The molecule has 0 bridgehead atoms. The van der Waals surface area contributed by atoms with Crippen LogP contribution >= 0.6 is 0 Å². The van der Waals surface area contributed by atoms with Crippen molar-refractivity contribution >= 4 is 87.5 Å². The number of aromatic nitrogens is 5. The van der Waals surface area contributed by atoms with Crippen molar-refractivity contribution < 1.29 is 29.4 Å². The minimum absolute atomic E-state index is 0.0100. The molecule has 0 spiro atoms. The largest absolute Gasteiger partial charge is 0.455 e. The Balaban J connectivity index is 1.14. The van der Waals surface area contributed by atoms with Crippen LogP contribution in [0.4, 0.5) is 0 Å². The maximum Gasteiger partial charge on any atom is 0.166 e. The molecule has 0 atom stereocenters. The van der Waals surface area contributed by atoms with E-state index < -0.39 is 125 Å². The highest BCUT2D eigenvalue weighted by Crippen LogP contribution is 2.51. The van der Waals surface area contributed by atoms with Gasteiger partial charge in [-0.05, 0) is 94.5 Å². The Morgan fingerprint density at radius 3 is 1.27 bits per heavy atom. The topological polar surface area (TPSA) is 98.6 Å². The first-order valence-corrected chi connectivity index (χ1v) is 26.8. The SMILES string of the molecule is [2H]c1c([2H])c([2H])c(-c2nc(-c3cc(C#N)c(-n4c5ccc(-c6ccccc6)cc5c5c6oc7ccccc7c6ccc54)c(-c4c([2H])c([2H])c([2H])c([2H])c4[2H])c3-n3c4ccc(-c5ccccc5)cc4c4c5oc6ccccc6c5ccc43)nc(-c3c([2H])c([2H])c([2H])c([2H])c3[2H])n2)c([2H])c1[2H]. The van der Waals surface area contributed by atoms with Crippen molar-refractivity contribution in [2.45, 2.75) is 0 Å². The third-order valence-corrected chi connectivity index (χ3v) is 15.7. The van der Waals surface area contributed by atoms with Gasteiger partial charge in [-0.3, -0.25) is 0 Å². The monoisotopic (exact) mass is 1090 g/mol. The molecule has 0 radical (unpaired) electrons. The molecule has 0 amide bonds. The smallest absolute Gasteiger partial charge is 0.166 e. The lowest BCUT2D eigenvalue weighted by Gasteiger charge is -2.24. The molecule has 0 aliphatic rings. The molecule has 8 heteroatoms. The summed E-state index contributed by atoms with van der Waals surface area (Å²) in [5.41, 5.74) is 4.99. The lowest BCUT2D eigenvalue weighted by Crippen LogP contribution is -2.10. The van der Waals surface area contributed by atoms with Gasteiger partial charge in [0.15, 0.2) is 17.5 Å². The molecule has 0 aliphatic heterocycles. The molecule has 17 aromatic rings. The molecule has 390 valence electrons. The normalized spacial score (nSPS) is 14.3. The average Bonchev–Trinajstić information content (AvgIpc) is 1.59. The first-order valence-electron chi connectivity index (χ1n) is 34.3. The minimum atomic E-state index is -0.781. The van der Waals surface area contributed by atoms with Gasteiger partial charge < -0.3 is 18.0 Å². The van der Waals surface area contributed by atoms with Gasteiger partial charge in [0.05, 0.1) is 70.3 Å². The van der Waals surface area contributed by atoms with Crippen molar-refractivity contribution in [2.24, 2.45) is 0 Å². The maximum atomic E-state index is 12.4. The van der Waals surface area contributed by atoms with Crippen LogP contribution in [0, 0.1) is 11.3 Å². The van der Waals surface area contributed by atoms with Crippen molar-refractivity contribution in [3.8, 4) is 85.0 Å². The van der Waals surface area contributed by atoms with Gasteiger partial charge in [-0.15, -0.1) is 0 Å². The number of nitrogens with zero attached hydrogens (tertiary/aromatic N) is 6. The van der Waals surface area contributed by atoms with Crippen LogP contribution in [0.15, 0.2) is 275 Å². The minimum Gasteiger partial charge on any atom is -0.455 e. The number of fused-ring (bicyclic) bond motifs is 14. The van der Waals surface area contributed by atoms with Crippen molar-refractivity contribution in [1.29, 1.82) is 5.26 Å². The van der Waals surface area contributed by atoms with Crippen LogP contribution in [0.3, 0.4) is 0 Å². The number of hydrogen-bond acceptors (Lipinski definition) is 6. The van der Waals surface area contributed by atoms with Crippen LogP contribution in [0.25, 0.3) is 166 Å². The summed E-state index contributed by atoms with van der Waals surface area (Å²) in [6, 6.07) is 46.3. The van der Waals surface area contributed by atoms with Gasteiger partial charge in [-0.2, -0.15) is 5.26 Å². The summed E-state index contributed by atoms with van der Waals surface area (Å²) < 4.78 is 156. The Hall–Kier alpha value is -11.7. The van der Waals surface area contributed by atoms with Crippen LogP contribution in [0.5, 0.6) is 0 Å². The highest BCUT2D eigenvalue weighted by atomic mass is 16.3. The van der Waals surface area contributed by atoms with Crippen molar-refractivity contribution in [2.75, 3.05) is 0 Å². The van der Waals surface area contributed by atoms with Gasteiger partial charge in [-0.25, -0.2) is 15.0 Å². The first-order chi connectivity index (χ1) is 47.8. The summed E-state index contributed by atoms with van der Waals surface area (Å²) in [5, 5.41) is 17.8. The van der Waals surface area contributed by atoms with E-state index in [1.54, 1.807) is 4.57 Å². The van der Waals surface area contributed by atoms with Crippen LogP contribution in [0.1, 0.15) is 26.1 Å². The molecule has 12 aromatic carbocycles. The van der Waals surface area contributed by atoms with Crippen molar-refractivity contribution in [3.05, 3.63) is 272 Å². The van der Waals surface area contributed by atoms with Crippen molar-refractivity contribution in [3.63, 3.8) is 0 Å². The van der Waals surface area contributed by atoms with E-state index in [9.17, 15) is 16.2 Å². The summed E-state index contributed by atoms with van der Waals surface area (Å²) >= 11 is 0. The van der Waals surface area contributed by atoms with Crippen molar-refractivity contribution in [1.82, 2.24) is 24.1 Å². The summed E-state index contributed by atoms with van der Waals surface area (Å²) in [4.78, 5) is 14.7. The van der Waals surface area contributed by atoms with Crippen LogP contribution < -0.4 is 0 Å². The van der Waals surface area contributed by atoms with Crippen LogP contribution in [-0.4, -0.2) is 24.1 Å². The van der Waals surface area contributed by atoms with Gasteiger partial charge in [0.2, 0.25) is 0 Å². The van der Waals surface area contributed by atoms with Gasteiger partial charge in [0.25, 0.3) is 0 Å². The molecular formula is C76H44N6O2. The predicted octanol–water partition coefficient (Wildman–Crippen LogP) is 19.7. The van der Waals surface area contributed by atoms with Gasteiger partial charge in [0.1, 0.15) is 28.4 Å². The Bertz CT molecular complexity index is 6340. The number of para-hydroxylation sites is 2. The van der Waals surface area contributed by atoms with E-state index in [2.05, 4.69) is 11.1 Å². The highest BCUT2D eigenvalue weighted by Gasteiger charge is 2.31. The molecule has 0 unspecified atom stereocenters. The number of hydrogen-bond donors (Lipinski definition) is 0. The summed E-state index contributed by atoms with van der Waals surface area (Å²) in [5.74, 6) is -1.73. The van der Waals surface area contributed by atoms with Gasteiger partial charge in [0, 0.05) is 54.6 Å². The van der Waals surface area contributed by atoms with E-state index in [0.29, 0.717) is 65.9 Å². The van der Waals surface area contributed by atoms with E-state index in [1.165, 1.54) is 6.07 Å². The molecular weight excluding hydrogens is 1030 g/mol. The Kier molecular flexibility index (Phi) is 7.68. The van der Waals surface area contributed by atoms with Crippen LogP contribution in [0.2, 0.25) is 0 Å². The molecule has 5 heterocycles. The number of rotatable bonds is 8. The van der Waals surface area contributed by atoms with E-state index in [0.717, 1.165) is 43.8 Å². The fourth-order valence-electron chi connectivity index (χ4n) is 12.1. The highest BCUT2D eigenvalue weighted by molar-refractivity contribution is 6.26. The summed E-state index contributed by atoms with van der Waals surface area (Å²) in [6.07, 6.45) is 0. The fourth-order valence-corrected chi connectivity index (χ4v) is 12.1. The van der Waals surface area contributed by atoms with E-state index >= 15 is 0 Å². The summed E-state index contributed by atoms with van der Waals surface area (Å²) in [6.45, 7) is 0. The van der Waals surface area contributed by atoms with E-state index in [-0.39, 0.29) is 28.1 Å². The second kappa shape index (κ2) is 18.7. The molecule has 0 N–H and O–H groups in total. The molecule has 0 saturated carbocycles. The zero-order chi connectivity index (χ0) is 68.5. The first kappa shape index (κ1) is 34.5. The fraction of sp³-hybridized carbons (Fsp3) is 0. The second-order valence-electron chi connectivity index (χ2n) is 20.2. The number of benzene rings is 12. The molecule has 17 rings (SSSR count). The van der Waals surface area contributed by atoms with Gasteiger partial charge in [-0.1, -0.05) is 200 Å². The third kappa shape index (κ3) is 7.23. The third-order valence-electron chi connectivity index (χ3n) is 15.7. The van der Waals surface area contributed by atoms with E-state index in [4.69, 9.17) is 28.4 Å². The van der Waals surface area contributed by atoms with Crippen LogP contribution in [-0.2, 0) is 0 Å².